The van der Waals surface area contributed by atoms with E-state index in [4.69, 9.17) is 16.4 Å². The fourth-order valence-electron chi connectivity index (χ4n) is 3.59. The molecule has 0 radical (unpaired) electrons. The zero-order valence-corrected chi connectivity index (χ0v) is 20.6. The summed E-state index contributed by atoms with van der Waals surface area (Å²) in [5.74, 6) is 0.698. The van der Waals surface area contributed by atoms with Crippen LogP contribution in [0.25, 0.3) is 0 Å². The summed E-state index contributed by atoms with van der Waals surface area (Å²) in [4.78, 5) is 30.2. The van der Waals surface area contributed by atoms with Crippen LogP contribution in [0, 0.1) is 0 Å². The first-order valence-corrected chi connectivity index (χ1v) is 11.6. The molecule has 6 bridgehead atoms. The van der Waals surface area contributed by atoms with Gasteiger partial charge in [-0.1, -0.05) is 23.7 Å². The maximum atomic E-state index is 12.7. The average molecular weight is 544 g/mol. The Hall–Kier alpha value is -4.45. The second-order valence-electron chi connectivity index (χ2n) is 8.20. The lowest BCUT2D eigenvalue weighted by Crippen LogP contribution is -2.14. The normalized spacial score (nSPS) is 12.2. The van der Waals surface area contributed by atoms with Crippen molar-refractivity contribution in [2.24, 2.45) is 7.05 Å². The van der Waals surface area contributed by atoms with Crippen LogP contribution < -0.4 is 16.0 Å². The Labute approximate surface area is 220 Å². The molecule has 1 aliphatic rings. The second-order valence-corrected chi connectivity index (χ2v) is 8.61. The first-order chi connectivity index (χ1) is 18.1. The zero-order chi connectivity index (χ0) is 27.3. The number of benzene rings is 2. The maximum absolute atomic E-state index is 12.7. The Morgan fingerprint density at radius 2 is 1.87 bits per heavy atom. The first kappa shape index (κ1) is 26.6. The minimum absolute atomic E-state index is 0.250. The molecule has 4 aromatic rings. The van der Waals surface area contributed by atoms with Gasteiger partial charge in [-0.3, -0.25) is 14.3 Å². The molecule has 0 spiro atoms. The number of anilines is 5. The van der Waals surface area contributed by atoms with E-state index in [9.17, 15) is 18.0 Å². The van der Waals surface area contributed by atoms with Gasteiger partial charge in [-0.2, -0.15) is 23.3 Å². The number of amides is 1. The van der Waals surface area contributed by atoms with Crippen LogP contribution in [0.2, 0.25) is 5.02 Å². The molecule has 1 aliphatic heterocycles. The van der Waals surface area contributed by atoms with Crippen molar-refractivity contribution in [3.63, 3.8) is 0 Å². The number of alkyl halides is 3. The Morgan fingerprint density at radius 3 is 2.58 bits per heavy atom. The molecule has 38 heavy (non-hydrogen) atoms. The van der Waals surface area contributed by atoms with E-state index in [0.29, 0.717) is 22.5 Å². The molecule has 2 aromatic carbocycles. The highest BCUT2D eigenvalue weighted by atomic mass is 35.5. The number of aromatic nitrogens is 4. The number of hydrogen-bond acceptors (Lipinski definition) is 7. The van der Waals surface area contributed by atoms with E-state index < -0.39 is 12.5 Å². The van der Waals surface area contributed by atoms with Crippen LogP contribution in [-0.2, 0) is 24.7 Å². The minimum atomic E-state index is -4.64. The third-order valence-corrected chi connectivity index (χ3v) is 5.58. The van der Waals surface area contributed by atoms with Crippen molar-refractivity contribution in [3.05, 3.63) is 82.8 Å². The summed E-state index contributed by atoms with van der Waals surface area (Å²) in [6.07, 6.45) is -0.873. The fourth-order valence-corrected chi connectivity index (χ4v) is 3.73. The molecule has 0 unspecified atom stereocenters. The lowest BCUT2D eigenvalue weighted by atomic mass is 10.0. The summed E-state index contributed by atoms with van der Waals surface area (Å²) in [6.45, 7) is 0. The van der Waals surface area contributed by atoms with Crippen molar-refractivity contribution in [2.75, 3.05) is 16.0 Å². The smallest absolute Gasteiger partial charge is 0.339 e. The number of carbonyl (C=O) groups excluding carboxylic acids is 2. The van der Waals surface area contributed by atoms with E-state index in [2.05, 4.69) is 43.1 Å². The SMILES string of the molecule is Cn1ccc(C(=O)Nc2ccc3cc2CCc2cccc(c2)Nc2ncc(Cl)c(n2)N3)n1.O=CC(F)(F)F. The molecule has 1 amide bonds. The van der Waals surface area contributed by atoms with E-state index in [1.165, 1.54) is 0 Å². The molecule has 0 saturated carbocycles. The molecule has 9 nitrogen and oxygen atoms in total. The van der Waals surface area contributed by atoms with Crippen molar-refractivity contribution < 1.29 is 22.8 Å². The molecule has 196 valence electrons. The molecule has 3 N–H and O–H groups in total. The van der Waals surface area contributed by atoms with Crippen LogP contribution in [0.15, 0.2) is 60.9 Å². The van der Waals surface area contributed by atoms with Gasteiger partial charge in [0.15, 0.2) is 11.5 Å². The van der Waals surface area contributed by atoms with Crippen molar-refractivity contribution in [3.8, 4) is 0 Å². The Bertz CT molecular complexity index is 1470. The molecule has 0 fully saturated rings. The number of aryl methyl sites for hydroxylation is 3. The Morgan fingerprint density at radius 1 is 1.11 bits per heavy atom. The molecule has 3 heterocycles. The highest BCUT2D eigenvalue weighted by molar-refractivity contribution is 6.32. The predicted molar refractivity (Wildman–Crippen MR) is 137 cm³/mol. The molecular formula is C25H21ClF3N7O2. The van der Waals surface area contributed by atoms with Gasteiger partial charge in [0.1, 0.15) is 5.02 Å². The molecular weight excluding hydrogens is 523 g/mol. The third-order valence-electron chi connectivity index (χ3n) is 5.31. The summed E-state index contributed by atoms with van der Waals surface area (Å²) in [7, 11) is 1.78. The molecule has 0 aliphatic carbocycles. The number of aldehydes is 1. The molecule has 2 aromatic heterocycles. The van der Waals surface area contributed by atoms with Gasteiger partial charge in [-0.25, -0.2) is 4.98 Å². The number of hydrogen-bond donors (Lipinski definition) is 3. The van der Waals surface area contributed by atoms with Crippen molar-refractivity contribution in [2.45, 2.75) is 19.0 Å². The number of carbonyl (C=O) groups is 2. The quantitative estimate of drug-likeness (QED) is 0.288. The number of halogens is 4. The van der Waals surface area contributed by atoms with Gasteiger partial charge < -0.3 is 16.0 Å². The van der Waals surface area contributed by atoms with Gasteiger partial charge in [0.25, 0.3) is 5.91 Å². The largest absolute Gasteiger partial charge is 0.446 e. The topological polar surface area (TPSA) is 114 Å². The van der Waals surface area contributed by atoms with Gasteiger partial charge in [0.2, 0.25) is 12.2 Å². The maximum Gasteiger partial charge on any atom is 0.446 e. The summed E-state index contributed by atoms with van der Waals surface area (Å²) in [5.41, 5.74) is 4.96. The zero-order valence-electron chi connectivity index (χ0n) is 19.9. The highest BCUT2D eigenvalue weighted by Gasteiger charge is 2.25. The van der Waals surface area contributed by atoms with Crippen molar-refractivity contribution in [1.82, 2.24) is 19.7 Å². The van der Waals surface area contributed by atoms with Crippen LogP contribution in [0.3, 0.4) is 0 Å². The average Bonchev–Trinajstić information content (AvgIpc) is 3.32. The van der Waals surface area contributed by atoms with Gasteiger partial charge in [0, 0.05) is 30.3 Å². The monoisotopic (exact) mass is 543 g/mol. The number of nitrogens with zero attached hydrogens (tertiary/aromatic N) is 4. The second kappa shape index (κ2) is 11.3. The van der Waals surface area contributed by atoms with E-state index in [1.54, 1.807) is 30.2 Å². The van der Waals surface area contributed by atoms with Crippen LogP contribution in [-0.4, -0.2) is 38.1 Å². The number of fused-ring (bicyclic) bond motifs is 6. The summed E-state index contributed by atoms with van der Waals surface area (Å²) < 4.78 is 32.9. The van der Waals surface area contributed by atoms with Crippen LogP contribution in [0.1, 0.15) is 21.6 Å². The van der Waals surface area contributed by atoms with E-state index in [-0.39, 0.29) is 5.91 Å². The van der Waals surface area contributed by atoms with Gasteiger partial charge >= 0.3 is 6.18 Å². The lowest BCUT2D eigenvalue weighted by Gasteiger charge is -2.14. The van der Waals surface area contributed by atoms with E-state index >= 15 is 0 Å². The van der Waals surface area contributed by atoms with Crippen LogP contribution in [0.4, 0.5) is 42.0 Å². The molecule has 0 saturated heterocycles. The predicted octanol–water partition coefficient (Wildman–Crippen LogP) is 5.45. The fraction of sp³-hybridized carbons (Fsp3) is 0.160. The summed E-state index contributed by atoms with van der Waals surface area (Å²) >= 11 is 6.32. The van der Waals surface area contributed by atoms with E-state index in [1.807, 2.05) is 30.3 Å². The molecule has 5 rings (SSSR count). The van der Waals surface area contributed by atoms with Gasteiger partial charge in [-0.15, -0.1) is 0 Å². The lowest BCUT2D eigenvalue weighted by molar-refractivity contribution is -0.156. The Balaban J connectivity index is 0.000000505. The highest BCUT2D eigenvalue weighted by Crippen LogP contribution is 2.29. The summed E-state index contributed by atoms with van der Waals surface area (Å²) in [6, 6.07) is 15.5. The Kier molecular flexibility index (Phi) is 7.91. The van der Waals surface area contributed by atoms with Crippen LogP contribution >= 0.6 is 11.6 Å². The van der Waals surface area contributed by atoms with Gasteiger partial charge in [0.05, 0.1) is 6.20 Å². The van der Waals surface area contributed by atoms with E-state index in [0.717, 1.165) is 41.0 Å². The van der Waals surface area contributed by atoms with Crippen molar-refractivity contribution in [1.29, 1.82) is 0 Å². The first-order valence-electron chi connectivity index (χ1n) is 11.2. The number of rotatable bonds is 2. The molecule has 13 heteroatoms. The minimum Gasteiger partial charge on any atom is -0.339 e. The van der Waals surface area contributed by atoms with Gasteiger partial charge in [-0.05, 0) is 60.4 Å². The molecule has 0 atom stereocenters. The third kappa shape index (κ3) is 7.07. The standard InChI is InChI=1S/C23H20ClN7O.C2HF3O/c1-31-10-9-20(30-31)22(32)28-19-8-7-17-12-15(19)6-5-14-3-2-4-16(11-14)27-23-25-13-18(24)21(26-17)29-23;3-2(4,5)1-6/h2-4,7-13H,5-6H2,1H3,(H,28,32)(H2,25,26,27,29);1H. The van der Waals surface area contributed by atoms with Crippen molar-refractivity contribution >= 4 is 52.6 Å². The van der Waals surface area contributed by atoms with Crippen LogP contribution in [0.5, 0.6) is 0 Å². The summed E-state index contributed by atoms with van der Waals surface area (Å²) in [5, 5.41) is 14.1. The number of nitrogens with one attached hydrogen (secondary N) is 3.